The first kappa shape index (κ1) is 16.8. The molecule has 0 atom stereocenters. The maximum atomic E-state index is 11.9. The Bertz CT molecular complexity index is 677. The monoisotopic (exact) mass is 330 g/mol. The summed E-state index contributed by atoms with van der Waals surface area (Å²) in [5, 5.41) is 7.17. The molecule has 0 spiro atoms. The van der Waals surface area contributed by atoms with Crippen LogP contribution < -0.4 is 10.6 Å². The zero-order valence-corrected chi connectivity index (χ0v) is 14.3. The lowest BCUT2D eigenvalue weighted by atomic mass is 10.1. The molecule has 0 unspecified atom stereocenters. The quantitative estimate of drug-likeness (QED) is 0.819. The average Bonchev–Trinajstić information content (AvgIpc) is 3.21. The number of pyridine rings is 1. The number of ether oxygens (including phenoxy) is 1. The van der Waals surface area contributed by atoms with Crippen molar-refractivity contribution in [2.75, 3.05) is 20.3 Å². The van der Waals surface area contributed by atoms with Crippen LogP contribution in [0.15, 0.2) is 24.5 Å². The third-order valence-electron chi connectivity index (χ3n) is 4.62. The molecule has 3 rings (SSSR count). The second kappa shape index (κ2) is 8.15. The number of fused-ring (bicyclic) bond motifs is 1. The Hall–Kier alpha value is -2.08. The van der Waals surface area contributed by atoms with Gasteiger partial charge < -0.3 is 19.9 Å². The lowest BCUT2D eigenvalue weighted by Crippen LogP contribution is -2.41. The number of amides is 2. The van der Waals surface area contributed by atoms with Crippen LogP contribution in [-0.4, -0.2) is 41.9 Å². The summed E-state index contributed by atoms with van der Waals surface area (Å²) in [6.45, 7) is 2.05. The number of hydrogen-bond donors (Lipinski definition) is 2. The molecule has 1 fully saturated rings. The van der Waals surface area contributed by atoms with Crippen molar-refractivity contribution in [2.24, 2.45) is 0 Å². The molecule has 1 aliphatic carbocycles. The molecule has 0 saturated heterocycles. The smallest absolute Gasteiger partial charge is 0.315 e. The highest BCUT2D eigenvalue weighted by Crippen LogP contribution is 2.20. The van der Waals surface area contributed by atoms with Crippen molar-refractivity contribution < 1.29 is 9.53 Å². The van der Waals surface area contributed by atoms with Crippen LogP contribution in [0.5, 0.6) is 0 Å². The molecule has 0 bridgehead atoms. The number of rotatable bonds is 7. The Kier molecular flexibility index (Phi) is 5.69. The van der Waals surface area contributed by atoms with Crippen LogP contribution in [0, 0.1) is 0 Å². The van der Waals surface area contributed by atoms with Gasteiger partial charge in [-0.15, -0.1) is 0 Å². The third-order valence-corrected chi connectivity index (χ3v) is 4.62. The molecule has 2 amide bonds. The van der Waals surface area contributed by atoms with Crippen LogP contribution in [0.3, 0.4) is 0 Å². The summed E-state index contributed by atoms with van der Waals surface area (Å²) >= 11 is 0. The molecule has 24 heavy (non-hydrogen) atoms. The van der Waals surface area contributed by atoms with E-state index in [0.717, 1.165) is 36.8 Å². The highest BCUT2D eigenvalue weighted by molar-refractivity contribution is 5.80. The van der Waals surface area contributed by atoms with E-state index in [-0.39, 0.29) is 6.03 Å². The number of hydrogen-bond acceptors (Lipinski definition) is 3. The Balaban J connectivity index is 1.57. The van der Waals surface area contributed by atoms with E-state index in [2.05, 4.69) is 32.4 Å². The maximum absolute atomic E-state index is 11.9. The van der Waals surface area contributed by atoms with E-state index in [4.69, 9.17) is 4.74 Å². The molecule has 2 N–H and O–H groups in total. The van der Waals surface area contributed by atoms with E-state index >= 15 is 0 Å². The van der Waals surface area contributed by atoms with E-state index in [1.54, 1.807) is 7.11 Å². The number of aromatic nitrogens is 2. The van der Waals surface area contributed by atoms with Gasteiger partial charge in [-0.2, -0.15) is 0 Å². The van der Waals surface area contributed by atoms with E-state index in [9.17, 15) is 4.79 Å². The average molecular weight is 330 g/mol. The second-order valence-corrected chi connectivity index (χ2v) is 6.35. The van der Waals surface area contributed by atoms with Gasteiger partial charge in [0.25, 0.3) is 0 Å². The number of urea groups is 1. The van der Waals surface area contributed by atoms with Crippen molar-refractivity contribution in [3.8, 4) is 0 Å². The van der Waals surface area contributed by atoms with Crippen LogP contribution in [0.1, 0.15) is 31.2 Å². The summed E-state index contributed by atoms with van der Waals surface area (Å²) in [5.41, 5.74) is 2.18. The van der Waals surface area contributed by atoms with Crippen molar-refractivity contribution >= 4 is 17.1 Å². The number of carbonyl (C=O) groups excluding carboxylic acids is 1. The Morgan fingerprint density at radius 1 is 1.42 bits per heavy atom. The second-order valence-electron chi connectivity index (χ2n) is 6.35. The van der Waals surface area contributed by atoms with Gasteiger partial charge in [-0.1, -0.05) is 12.8 Å². The van der Waals surface area contributed by atoms with Gasteiger partial charge in [0.05, 0.1) is 6.61 Å². The largest absolute Gasteiger partial charge is 0.383 e. The number of carbonyl (C=O) groups is 1. The molecule has 130 valence electrons. The topological polar surface area (TPSA) is 68.2 Å². The predicted molar refractivity (Wildman–Crippen MR) is 94.1 cm³/mol. The summed E-state index contributed by atoms with van der Waals surface area (Å²) in [7, 11) is 1.70. The summed E-state index contributed by atoms with van der Waals surface area (Å²) in [6.07, 6.45) is 9.37. The normalized spacial score (nSPS) is 15.0. The van der Waals surface area contributed by atoms with Crippen molar-refractivity contribution in [1.82, 2.24) is 20.2 Å². The zero-order chi connectivity index (χ0) is 16.8. The first-order valence-electron chi connectivity index (χ1n) is 8.74. The molecule has 1 aliphatic rings. The van der Waals surface area contributed by atoms with Gasteiger partial charge in [-0.3, -0.25) is 0 Å². The van der Waals surface area contributed by atoms with Crippen LogP contribution in [-0.2, 0) is 17.7 Å². The predicted octanol–water partition coefficient (Wildman–Crippen LogP) is 2.47. The molecule has 6 nitrogen and oxygen atoms in total. The van der Waals surface area contributed by atoms with Crippen LogP contribution in [0.2, 0.25) is 0 Å². The fourth-order valence-corrected chi connectivity index (χ4v) is 3.37. The van der Waals surface area contributed by atoms with Gasteiger partial charge in [0, 0.05) is 44.0 Å². The third kappa shape index (κ3) is 4.06. The summed E-state index contributed by atoms with van der Waals surface area (Å²) < 4.78 is 7.28. The molecule has 2 aromatic heterocycles. The van der Waals surface area contributed by atoms with Gasteiger partial charge in [0.15, 0.2) is 0 Å². The molecule has 0 aromatic carbocycles. The SMILES string of the molecule is COCCn1cc(CCNC(=O)NC2CCCC2)c2cccnc21. The first-order chi connectivity index (χ1) is 11.8. The Morgan fingerprint density at radius 3 is 3.04 bits per heavy atom. The van der Waals surface area contributed by atoms with Crippen molar-refractivity contribution in [2.45, 2.75) is 44.7 Å². The minimum atomic E-state index is -0.0526. The summed E-state index contributed by atoms with van der Waals surface area (Å²) in [5.74, 6) is 0. The highest BCUT2D eigenvalue weighted by atomic mass is 16.5. The maximum Gasteiger partial charge on any atom is 0.315 e. The van der Waals surface area contributed by atoms with Crippen molar-refractivity contribution in [1.29, 1.82) is 0 Å². The van der Waals surface area contributed by atoms with E-state index in [0.29, 0.717) is 19.2 Å². The molecule has 2 heterocycles. The van der Waals surface area contributed by atoms with Gasteiger partial charge in [-0.05, 0) is 37.0 Å². The minimum absolute atomic E-state index is 0.0526. The van der Waals surface area contributed by atoms with E-state index in [1.807, 2.05) is 12.3 Å². The molecule has 1 saturated carbocycles. The molecule has 0 radical (unpaired) electrons. The first-order valence-corrected chi connectivity index (χ1v) is 8.74. The van der Waals surface area contributed by atoms with Gasteiger partial charge in [-0.25, -0.2) is 9.78 Å². The van der Waals surface area contributed by atoms with Gasteiger partial charge in [0.2, 0.25) is 0 Å². The molecule has 6 heteroatoms. The van der Waals surface area contributed by atoms with Crippen molar-refractivity contribution in [3.05, 3.63) is 30.1 Å². The standard InChI is InChI=1S/C18H26N4O2/c1-24-12-11-22-13-14(16-7-4-9-19-17(16)22)8-10-20-18(23)21-15-5-2-3-6-15/h4,7,9,13,15H,2-3,5-6,8,10-12H2,1H3,(H2,20,21,23). The Morgan fingerprint density at radius 2 is 2.25 bits per heavy atom. The summed E-state index contributed by atoms with van der Waals surface area (Å²) in [4.78, 5) is 16.4. The molecular formula is C18H26N4O2. The van der Waals surface area contributed by atoms with Gasteiger partial charge >= 0.3 is 6.03 Å². The Labute approximate surface area is 142 Å². The van der Waals surface area contributed by atoms with Gasteiger partial charge in [0.1, 0.15) is 5.65 Å². The lowest BCUT2D eigenvalue weighted by molar-refractivity contribution is 0.188. The molecular weight excluding hydrogens is 304 g/mol. The van der Waals surface area contributed by atoms with E-state index < -0.39 is 0 Å². The fourth-order valence-electron chi connectivity index (χ4n) is 3.37. The zero-order valence-electron chi connectivity index (χ0n) is 14.3. The number of nitrogens with zero attached hydrogens (tertiary/aromatic N) is 2. The van der Waals surface area contributed by atoms with Crippen LogP contribution in [0.4, 0.5) is 4.79 Å². The van der Waals surface area contributed by atoms with Crippen LogP contribution >= 0.6 is 0 Å². The molecule has 2 aromatic rings. The summed E-state index contributed by atoms with van der Waals surface area (Å²) in [6, 6.07) is 4.33. The fraction of sp³-hybridized carbons (Fsp3) is 0.556. The highest BCUT2D eigenvalue weighted by Gasteiger charge is 2.16. The minimum Gasteiger partial charge on any atom is -0.383 e. The lowest BCUT2D eigenvalue weighted by Gasteiger charge is -2.12. The number of nitrogens with one attached hydrogen (secondary N) is 2. The van der Waals surface area contributed by atoms with E-state index in [1.165, 1.54) is 18.4 Å². The number of methoxy groups -OCH3 is 1. The van der Waals surface area contributed by atoms with Crippen LogP contribution in [0.25, 0.3) is 11.0 Å². The van der Waals surface area contributed by atoms with Crippen molar-refractivity contribution in [3.63, 3.8) is 0 Å². The molecule has 0 aliphatic heterocycles.